The third-order valence-corrected chi connectivity index (χ3v) is 3.59. The van der Waals surface area contributed by atoms with E-state index in [1.807, 2.05) is 6.92 Å². The second-order valence-corrected chi connectivity index (χ2v) is 5.69. The Kier molecular flexibility index (Phi) is 6.27. The number of aryl methyl sites for hydroxylation is 1. The van der Waals surface area contributed by atoms with Gasteiger partial charge in [0.15, 0.2) is 0 Å². The fourth-order valence-electron chi connectivity index (χ4n) is 2.08. The summed E-state index contributed by atoms with van der Waals surface area (Å²) in [6, 6.07) is 13.3. The minimum Gasteiger partial charge on any atom is -0.507 e. The first-order chi connectivity index (χ1) is 12.4. The summed E-state index contributed by atoms with van der Waals surface area (Å²) in [6.07, 6.45) is 1.25. The largest absolute Gasteiger partial charge is 0.507 e. The highest BCUT2D eigenvalue weighted by Gasteiger charge is 2.13. The Balaban J connectivity index is 2.00. The van der Waals surface area contributed by atoms with Crippen LogP contribution in [-0.2, 0) is 14.4 Å². The third-order valence-electron chi connectivity index (χ3n) is 3.59. The summed E-state index contributed by atoms with van der Waals surface area (Å²) in [5.74, 6) is -2.13. The predicted molar refractivity (Wildman–Crippen MR) is 101 cm³/mol. The van der Waals surface area contributed by atoms with E-state index in [4.69, 9.17) is 0 Å². The Labute approximate surface area is 151 Å². The summed E-state index contributed by atoms with van der Waals surface area (Å²) in [5.41, 5.74) is 2.47. The van der Waals surface area contributed by atoms with Crippen LogP contribution in [0.1, 0.15) is 24.5 Å². The quantitative estimate of drug-likeness (QED) is 0.421. The van der Waals surface area contributed by atoms with E-state index in [9.17, 15) is 19.5 Å². The number of ketones is 1. The monoisotopic (exact) mass is 352 g/mol. The number of anilines is 2. The first-order valence-corrected chi connectivity index (χ1v) is 8.12. The van der Waals surface area contributed by atoms with Gasteiger partial charge in [0, 0.05) is 29.4 Å². The maximum atomic E-state index is 12.0. The zero-order valence-corrected chi connectivity index (χ0v) is 14.6. The molecule has 0 saturated heterocycles. The van der Waals surface area contributed by atoms with Crippen molar-refractivity contribution in [3.8, 4) is 0 Å². The summed E-state index contributed by atoms with van der Waals surface area (Å²) in [5, 5.41) is 15.1. The van der Waals surface area contributed by atoms with E-state index >= 15 is 0 Å². The Morgan fingerprint density at radius 3 is 2.00 bits per heavy atom. The molecule has 6 nitrogen and oxygen atoms in total. The minimum atomic E-state index is -0.869. The molecule has 3 N–H and O–H groups in total. The van der Waals surface area contributed by atoms with Gasteiger partial charge in [-0.3, -0.25) is 14.4 Å². The average molecular weight is 352 g/mol. The number of hydrogen-bond acceptors (Lipinski definition) is 4. The number of nitrogens with one attached hydrogen (secondary N) is 2. The lowest BCUT2D eigenvalue weighted by Gasteiger charge is -2.06. The van der Waals surface area contributed by atoms with Crippen LogP contribution in [0.2, 0.25) is 0 Å². The number of benzene rings is 2. The van der Waals surface area contributed by atoms with Crippen LogP contribution in [0.15, 0.2) is 54.6 Å². The van der Waals surface area contributed by atoms with Crippen LogP contribution in [0.25, 0.3) is 5.76 Å². The fraction of sp³-hybridized carbons (Fsp3) is 0.150. The molecule has 0 unspecified atom stereocenters. The number of aliphatic hydroxyl groups is 1. The van der Waals surface area contributed by atoms with Gasteiger partial charge in [0.1, 0.15) is 5.76 Å². The smallest absolute Gasteiger partial charge is 0.296 e. The Morgan fingerprint density at radius 1 is 0.923 bits per heavy atom. The molecule has 134 valence electrons. The number of carbonyl (C=O) groups excluding carboxylic acids is 3. The molecule has 0 aliphatic carbocycles. The van der Waals surface area contributed by atoms with E-state index < -0.39 is 11.7 Å². The van der Waals surface area contributed by atoms with E-state index in [-0.39, 0.29) is 11.7 Å². The van der Waals surface area contributed by atoms with Gasteiger partial charge in [0.25, 0.3) is 5.91 Å². The van der Waals surface area contributed by atoms with Gasteiger partial charge in [-0.1, -0.05) is 36.8 Å². The first-order valence-electron chi connectivity index (χ1n) is 8.12. The molecule has 0 radical (unpaired) electrons. The molecule has 0 aromatic heterocycles. The van der Waals surface area contributed by atoms with Gasteiger partial charge in [0.2, 0.25) is 11.7 Å². The van der Waals surface area contributed by atoms with Crippen molar-refractivity contribution in [1.29, 1.82) is 0 Å². The molecule has 2 amide bonds. The molecular formula is C20H20N2O4. The second kappa shape index (κ2) is 8.62. The summed E-state index contributed by atoms with van der Waals surface area (Å²) >= 11 is 0. The maximum absolute atomic E-state index is 12.0. The molecule has 0 spiro atoms. The van der Waals surface area contributed by atoms with E-state index in [0.717, 1.165) is 11.6 Å². The molecule has 2 aromatic carbocycles. The van der Waals surface area contributed by atoms with Gasteiger partial charge >= 0.3 is 0 Å². The standard InChI is InChI=1S/C20H20N2O4/c1-3-19(25)21-15-8-10-16(11-9-15)22-20(26)18(24)12-17(23)14-6-4-13(2)5-7-14/h4-12,23H,3H2,1-2H3,(H,21,25)(H,22,26). The predicted octanol–water partition coefficient (Wildman–Crippen LogP) is 3.45. The van der Waals surface area contributed by atoms with Crippen LogP contribution in [0.3, 0.4) is 0 Å². The molecule has 0 heterocycles. The van der Waals surface area contributed by atoms with Gasteiger partial charge in [-0.15, -0.1) is 0 Å². The zero-order chi connectivity index (χ0) is 19.1. The fourth-order valence-corrected chi connectivity index (χ4v) is 2.08. The molecular weight excluding hydrogens is 332 g/mol. The molecule has 2 aromatic rings. The molecule has 0 atom stereocenters. The second-order valence-electron chi connectivity index (χ2n) is 5.69. The van der Waals surface area contributed by atoms with E-state index in [1.165, 1.54) is 0 Å². The van der Waals surface area contributed by atoms with Crippen LogP contribution in [0, 0.1) is 6.92 Å². The SMILES string of the molecule is CCC(=O)Nc1ccc(NC(=O)C(=O)C=C(O)c2ccc(C)cc2)cc1. The van der Waals surface area contributed by atoms with Crippen LogP contribution in [-0.4, -0.2) is 22.7 Å². The van der Waals surface area contributed by atoms with Crippen molar-refractivity contribution < 1.29 is 19.5 Å². The highest BCUT2D eigenvalue weighted by molar-refractivity contribution is 6.45. The average Bonchev–Trinajstić information content (AvgIpc) is 2.63. The van der Waals surface area contributed by atoms with Crippen molar-refractivity contribution in [2.24, 2.45) is 0 Å². The zero-order valence-electron chi connectivity index (χ0n) is 14.6. The first kappa shape index (κ1) is 18.9. The highest BCUT2D eigenvalue weighted by atomic mass is 16.3. The Hall–Kier alpha value is -3.41. The lowest BCUT2D eigenvalue weighted by atomic mass is 10.1. The van der Waals surface area contributed by atoms with E-state index in [1.54, 1.807) is 55.5 Å². The van der Waals surface area contributed by atoms with Gasteiger partial charge in [0.05, 0.1) is 0 Å². The number of aliphatic hydroxyl groups excluding tert-OH is 1. The number of rotatable bonds is 6. The van der Waals surface area contributed by atoms with Crippen molar-refractivity contribution in [2.45, 2.75) is 20.3 Å². The summed E-state index contributed by atoms with van der Waals surface area (Å²) in [7, 11) is 0. The van der Waals surface area contributed by atoms with Gasteiger partial charge in [-0.2, -0.15) is 0 Å². The summed E-state index contributed by atoms with van der Waals surface area (Å²) < 4.78 is 0. The number of amides is 2. The molecule has 26 heavy (non-hydrogen) atoms. The lowest BCUT2D eigenvalue weighted by molar-refractivity contribution is -0.131. The summed E-state index contributed by atoms with van der Waals surface area (Å²) in [4.78, 5) is 35.2. The lowest BCUT2D eigenvalue weighted by Crippen LogP contribution is -2.21. The van der Waals surface area contributed by atoms with E-state index in [2.05, 4.69) is 10.6 Å². The van der Waals surface area contributed by atoms with Crippen molar-refractivity contribution in [2.75, 3.05) is 10.6 Å². The van der Waals surface area contributed by atoms with Crippen molar-refractivity contribution in [3.05, 3.63) is 65.7 Å². The third kappa shape index (κ3) is 5.31. The van der Waals surface area contributed by atoms with Crippen LogP contribution in [0.5, 0.6) is 0 Å². The Morgan fingerprint density at radius 2 is 1.46 bits per heavy atom. The van der Waals surface area contributed by atoms with Gasteiger partial charge in [-0.25, -0.2) is 0 Å². The van der Waals surface area contributed by atoms with Gasteiger partial charge in [-0.05, 0) is 31.2 Å². The van der Waals surface area contributed by atoms with Gasteiger partial charge < -0.3 is 15.7 Å². The van der Waals surface area contributed by atoms with Crippen LogP contribution in [0.4, 0.5) is 11.4 Å². The van der Waals surface area contributed by atoms with Crippen molar-refractivity contribution >= 4 is 34.7 Å². The number of carbonyl (C=O) groups is 3. The van der Waals surface area contributed by atoms with Crippen molar-refractivity contribution in [1.82, 2.24) is 0 Å². The molecule has 0 fully saturated rings. The topological polar surface area (TPSA) is 95.5 Å². The maximum Gasteiger partial charge on any atom is 0.296 e. The molecule has 0 aliphatic rings. The molecule has 0 bridgehead atoms. The molecule has 0 saturated carbocycles. The highest BCUT2D eigenvalue weighted by Crippen LogP contribution is 2.15. The van der Waals surface area contributed by atoms with E-state index in [0.29, 0.717) is 23.4 Å². The molecule has 0 aliphatic heterocycles. The number of hydrogen-bond donors (Lipinski definition) is 3. The summed E-state index contributed by atoms with van der Waals surface area (Å²) in [6.45, 7) is 3.65. The van der Waals surface area contributed by atoms with Crippen molar-refractivity contribution in [3.63, 3.8) is 0 Å². The normalized spacial score (nSPS) is 10.9. The van der Waals surface area contributed by atoms with Crippen LogP contribution >= 0.6 is 0 Å². The molecule has 6 heteroatoms. The molecule has 2 rings (SSSR count). The Bertz CT molecular complexity index is 837. The minimum absolute atomic E-state index is 0.117. The van der Waals surface area contributed by atoms with Crippen LogP contribution < -0.4 is 10.6 Å².